The maximum atomic E-state index is 13.2. The first-order valence-electron chi connectivity index (χ1n) is 4.30. The SMILES string of the molecule is CC(Br)C(=O)Nc1cc([N+](=O)[O-])ccc1F. The summed E-state index contributed by atoms with van der Waals surface area (Å²) >= 11 is 3.00. The number of nitrogens with one attached hydrogen (secondary N) is 1. The molecule has 5 nitrogen and oxygen atoms in total. The Hall–Kier alpha value is -1.50. The maximum Gasteiger partial charge on any atom is 0.271 e. The van der Waals surface area contributed by atoms with E-state index in [4.69, 9.17) is 0 Å². The zero-order valence-corrected chi connectivity index (χ0v) is 9.82. The van der Waals surface area contributed by atoms with Gasteiger partial charge in [0.15, 0.2) is 0 Å². The van der Waals surface area contributed by atoms with Gasteiger partial charge >= 0.3 is 0 Å². The van der Waals surface area contributed by atoms with Crippen LogP contribution in [0.4, 0.5) is 15.8 Å². The Morgan fingerprint density at radius 3 is 2.75 bits per heavy atom. The molecule has 7 heteroatoms. The van der Waals surface area contributed by atoms with Gasteiger partial charge in [0, 0.05) is 12.1 Å². The van der Waals surface area contributed by atoms with Gasteiger partial charge in [-0.25, -0.2) is 4.39 Å². The molecule has 0 fully saturated rings. The van der Waals surface area contributed by atoms with Crippen LogP contribution in [0.25, 0.3) is 0 Å². The van der Waals surface area contributed by atoms with Crippen molar-refractivity contribution >= 4 is 33.2 Å². The number of rotatable bonds is 3. The number of nitrogens with zero attached hydrogens (tertiary/aromatic N) is 1. The minimum absolute atomic E-state index is 0.203. The molecule has 1 atom stereocenters. The fourth-order valence-electron chi connectivity index (χ4n) is 0.955. The number of nitro groups is 1. The summed E-state index contributed by atoms with van der Waals surface area (Å²) in [5.41, 5.74) is -0.482. The number of halogens is 2. The molecule has 1 aromatic carbocycles. The van der Waals surface area contributed by atoms with Crippen molar-refractivity contribution in [2.24, 2.45) is 0 Å². The standard InChI is InChI=1S/C9H8BrFN2O3/c1-5(10)9(14)12-8-4-6(13(15)16)2-3-7(8)11/h2-5H,1H3,(H,12,14). The second-order valence-electron chi connectivity index (χ2n) is 3.03. The summed E-state index contributed by atoms with van der Waals surface area (Å²) in [6.07, 6.45) is 0. The number of carbonyl (C=O) groups is 1. The Morgan fingerprint density at radius 2 is 2.25 bits per heavy atom. The highest BCUT2D eigenvalue weighted by molar-refractivity contribution is 9.10. The molecule has 0 bridgehead atoms. The van der Waals surface area contributed by atoms with E-state index in [2.05, 4.69) is 21.2 Å². The number of hydrogen-bond acceptors (Lipinski definition) is 3. The smallest absolute Gasteiger partial charge is 0.271 e. The van der Waals surface area contributed by atoms with Crippen LogP contribution >= 0.6 is 15.9 Å². The lowest BCUT2D eigenvalue weighted by Crippen LogP contribution is -2.20. The van der Waals surface area contributed by atoms with Crippen LogP contribution in [0.1, 0.15) is 6.92 Å². The molecule has 0 aliphatic carbocycles. The van der Waals surface area contributed by atoms with Crippen LogP contribution in [0.2, 0.25) is 0 Å². The van der Waals surface area contributed by atoms with Crippen LogP contribution in [-0.4, -0.2) is 15.7 Å². The van der Waals surface area contributed by atoms with Gasteiger partial charge in [-0.05, 0) is 13.0 Å². The Kier molecular flexibility index (Phi) is 3.94. The van der Waals surface area contributed by atoms with E-state index in [1.807, 2.05) is 0 Å². The van der Waals surface area contributed by atoms with Gasteiger partial charge in [0.25, 0.3) is 5.69 Å². The van der Waals surface area contributed by atoms with Crippen LogP contribution in [-0.2, 0) is 4.79 Å². The minimum Gasteiger partial charge on any atom is -0.322 e. The molecular formula is C9H8BrFN2O3. The molecule has 0 saturated heterocycles. The van der Waals surface area contributed by atoms with E-state index in [0.717, 1.165) is 18.2 Å². The van der Waals surface area contributed by atoms with Crippen molar-refractivity contribution in [2.45, 2.75) is 11.8 Å². The lowest BCUT2D eigenvalue weighted by Gasteiger charge is -2.07. The summed E-state index contributed by atoms with van der Waals surface area (Å²) in [6.45, 7) is 1.56. The largest absolute Gasteiger partial charge is 0.322 e. The first kappa shape index (κ1) is 12.6. The lowest BCUT2D eigenvalue weighted by atomic mass is 10.2. The summed E-state index contributed by atoms with van der Waals surface area (Å²) in [4.78, 5) is 20.5. The molecule has 0 aromatic heterocycles. The second-order valence-corrected chi connectivity index (χ2v) is 4.40. The van der Waals surface area contributed by atoms with Crippen molar-refractivity contribution in [3.8, 4) is 0 Å². The number of benzene rings is 1. The van der Waals surface area contributed by atoms with Crippen LogP contribution in [0.3, 0.4) is 0 Å². The Morgan fingerprint density at radius 1 is 1.62 bits per heavy atom. The van der Waals surface area contributed by atoms with Gasteiger partial charge in [-0.2, -0.15) is 0 Å². The van der Waals surface area contributed by atoms with Gasteiger partial charge < -0.3 is 5.32 Å². The van der Waals surface area contributed by atoms with Gasteiger partial charge in [0.2, 0.25) is 5.91 Å². The van der Waals surface area contributed by atoms with Gasteiger partial charge in [-0.1, -0.05) is 15.9 Å². The van der Waals surface area contributed by atoms with E-state index < -0.39 is 21.5 Å². The third kappa shape index (κ3) is 2.99. The zero-order chi connectivity index (χ0) is 12.3. The van der Waals surface area contributed by atoms with E-state index in [1.54, 1.807) is 6.92 Å². The number of hydrogen-bond donors (Lipinski definition) is 1. The van der Waals surface area contributed by atoms with Gasteiger partial charge in [-0.15, -0.1) is 0 Å². The molecule has 0 aliphatic heterocycles. The molecule has 86 valence electrons. The summed E-state index contributed by atoms with van der Waals surface area (Å²) < 4.78 is 13.2. The normalized spacial score (nSPS) is 11.9. The molecular weight excluding hydrogens is 283 g/mol. The average molecular weight is 291 g/mol. The molecule has 16 heavy (non-hydrogen) atoms. The number of alkyl halides is 1. The monoisotopic (exact) mass is 290 g/mol. The zero-order valence-electron chi connectivity index (χ0n) is 8.24. The van der Waals surface area contributed by atoms with E-state index in [9.17, 15) is 19.3 Å². The highest BCUT2D eigenvalue weighted by atomic mass is 79.9. The topological polar surface area (TPSA) is 72.2 Å². The van der Waals surface area contributed by atoms with E-state index in [-0.39, 0.29) is 11.4 Å². The van der Waals surface area contributed by atoms with Gasteiger partial charge in [0.1, 0.15) is 5.82 Å². The summed E-state index contributed by atoms with van der Waals surface area (Å²) in [7, 11) is 0. The van der Waals surface area contributed by atoms with Crippen molar-refractivity contribution in [1.29, 1.82) is 0 Å². The highest BCUT2D eigenvalue weighted by Gasteiger charge is 2.15. The number of carbonyl (C=O) groups excluding carboxylic acids is 1. The highest BCUT2D eigenvalue weighted by Crippen LogP contribution is 2.21. The first-order valence-corrected chi connectivity index (χ1v) is 5.22. The maximum absolute atomic E-state index is 13.2. The molecule has 1 unspecified atom stereocenters. The quantitative estimate of drug-likeness (QED) is 0.528. The van der Waals surface area contributed by atoms with Gasteiger partial charge in [0.05, 0.1) is 15.4 Å². The van der Waals surface area contributed by atoms with Crippen molar-refractivity contribution in [3.05, 3.63) is 34.1 Å². The van der Waals surface area contributed by atoms with Crippen molar-refractivity contribution < 1.29 is 14.1 Å². The molecule has 1 N–H and O–H groups in total. The molecule has 1 aromatic rings. The van der Waals surface area contributed by atoms with Crippen LogP contribution in [0.15, 0.2) is 18.2 Å². The second kappa shape index (κ2) is 5.02. The summed E-state index contributed by atoms with van der Waals surface area (Å²) in [5, 5.41) is 12.7. The van der Waals surface area contributed by atoms with Gasteiger partial charge in [-0.3, -0.25) is 14.9 Å². The van der Waals surface area contributed by atoms with Crippen LogP contribution in [0, 0.1) is 15.9 Å². The predicted molar refractivity (Wildman–Crippen MR) is 60.1 cm³/mol. The van der Waals surface area contributed by atoms with Crippen LogP contribution in [0.5, 0.6) is 0 Å². The Labute approximate surface area is 98.9 Å². The average Bonchev–Trinajstić information content (AvgIpc) is 2.20. The number of anilines is 1. The van der Waals surface area contributed by atoms with Crippen molar-refractivity contribution in [3.63, 3.8) is 0 Å². The summed E-state index contributed by atoms with van der Waals surface area (Å²) in [6, 6.07) is 2.94. The Balaban J connectivity index is 2.99. The first-order chi connectivity index (χ1) is 7.41. The molecule has 0 aliphatic rings. The van der Waals surface area contributed by atoms with Crippen molar-refractivity contribution in [1.82, 2.24) is 0 Å². The minimum atomic E-state index is -0.716. The van der Waals surface area contributed by atoms with Crippen LogP contribution < -0.4 is 5.32 Å². The number of nitro benzene ring substituents is 1. The predicted octanol–water partition coefficient (Wildman–Crippen LogP) is 2.46. The fraction of sp³-hybridized carbons (Fsp3) is 0.222. The Bertz CT molecular complexity index is 437. The number of non-ortho nitro benzene ring substituents is 1. The lowest BCUT2D eigenvalue weighted by molar-refractivity contribution is -0.384. The van der Waals surface area contributed by atoms with E-state index in [0.29, 0.717) is 0 Å². The summed E-state index contributed by atoms with van der Waals surface area (Å²) in [5.74, 6) is -1.19. The fourth-order valence-corrected chi connectivity index (χ4v) is 1.07. The number of amides is 1. The van der Waals surface area contributed by atoms with E-state index in [1.165, 1.54) is 0 Å². The van der Waals surface area contributed by atoms with Crippen molar-refractivity contribution in [2.75, 3.05) is 5.32 Å². The third-order valence-corrected chi connectivity index (χ3v) is 2.20. The molecule has 0 spiro atoms. The molecule has 0 heterocycles. The molecule has 0 radical (unpaired) electrons. The third-order valence-electron chi connectivity index (χ3n) is 1.78. The molecule has 1 amide bonds. The molecule has 1 rings (SSSR count). The molecule has 0 saturated carbocycles. The van der Waals surface area contributed by atoms with E-state index >= 15 is 0 Å².